The normalized spacial score (nSPS) is 17.0. The van der Waals surface area contributed by atoms with Gasteiger partial charge in [0.05, 0.1) is 12.7 Å². The molecule has 1 heterocycles. The van der Waals surface area contributed by atoms with Crippen LogP contribution in [0.25, 0.3) is 0 Å². The largest absolute Gasteiger partial charge is 0.497 e. The van der Waals surface area contributed by atoms with Crippen LogP contribution in [0.4, 0.5) is 4.79 Å². The van der Waals surface area contributed by atoms with E-state index in [-0.39, 0.29) is 12.6 Å². The molecule has 1 aromatic rings. The Balaban J connectivity index is 1.71. The quantitative estimate of drug-likeness (QED) is 0.758. The standard InChI is InChI=1S/C15H22N2O4/c1-20-13-4-2-12(3-5-13)10-16-14(18)17-11-15(19)6-8-21-9-7-15/h2-5,19H,6-11H2,1H3,(H2,16,17,18). The molecule has 0 aromatic heterocycles. The summed E-state index contributed by atoms with van der Waals surface area (Å²) >= 11 is 0. The number of amides is 2. The van der Waals surface area contributed by atoms with Crippen LogP contribution >= 0.6 is 0 Å². The Morgan fingerprint density at radius 2 is 1.95 bits per heavy atom. The fourth-order valence-electron chi connectivity index (χ4n) is 2.16. The van der Waals surface area contributed by atoms with Crippen molar-refractivity contribution in [1.82, 2.24) is 10.6 Å². The van der Waals surface area contributed by atoms with Gasteiger partial charge in [-0.15, -0.1) is 0 Å². The SMILES string of the molecule is COc1ccc(CNC(=O)NCC2(O)CCOCC2)cc1. The average Bonchev–Trinajstić information content (AvgIpc) is 2.52. The second-order valence-electron chi connectivity index (χ2n) is 5.22. The van der Waals surface area contributed by atoms with Gasteiger partial charge in [0, 0.05) is 39.1 Å². The fraction of sp³-hybridized carbons (Fsp3) is 0.533. The summed E-state index contributed by atoms with van der Waals surface area (Å²) in [7, 11) is 1.61. The molecule has 3 N–H and O–H groups in total. The third-order valence-corrected chi connectivity index (χ3v) is 3.61. The lowest BCUT2D eigenvalue weighted by molar-refractivity contribution is -0.0600. The van der Waals surface area contributed by atoms with Crippen LogP contribution in [0.1, 0.15) is 18.4 Å². The van der Waals surface area contributed by atoms with E-state index in [4.69, 9.17) is 9.47 Å². The molecule has 2 amide bonds. The van der Waals surface area contributed by atoms with E-state index in [1.807, 2.05) is 24.3 Å². The number of methoxy groups -OCH3 is 1. The lowest BCUT2D eigenvalue weighted by Gasteiger charge is -2.32. The van der Waals surface area contributed by atoms with Crippen LogP contribution in [0.2, 0.25) is 0 Å². The van der Waals surface area contributed by atoms with E-state index in [1.54, 1.807) is 7.11 Å². The number of hydrogen-bond donors (Lipinski definition) is 3. The molecular formula is C15H22N2O4. The van der Waals surface area contributed by atoms with Crippen molar-refractivity contribution in [2.24, 2.45) is 0 Å². The Bertz CT molecular complexity index is 455. The number of carbonyl (C=O) groups is 1. The van der Waals surface area contributed by atoms with E-state index in [1.165, 1.54) is 0 Å². The molecule has 0 spiro atoms. The summed E-state index contributed by atoms with van der Waals surface area (Å²) in [4.78, 5) is 11.7. The summed E-state index contributed by atoms with van der Waals surface area (Å²) in [6, 6.07) is 7.20. The average molecular weight is 294 g/mol. The molecule has 1 aliphatic heterocycles. The minimum atomic E-state index is -0.851. The number of rotatable bonds is 5. The Morgan fingerprint density at radius 1 is 1.29 bits per heavy atom. The molecule has 0 aliphatic carbocycles. The highest BCUT2D eigenvalue weighted by Gasteiger charge is 2.29. The lowest BCUT2D eigenvalue weighted by Crippen LogP contribution is -2.48. The van der Waals surface area contributed by atoms with Crippen molar-refractivity contribution in [2.45, 2.75) is 25.0 Å². The molecule has 0 unspecified atom stereocenters. The Labute approximate surface area is 124 Å². The van der Waals surface area contributed by atoms with Gasteiger partial charge < -0.3 is 25.2 Å². The first-order valence-corrected chi connectivity index (χ1v) is 7.06. The molecule has 1 aliphatic rings. The highest BCUT2D eigenvalue weighted by Crippen LogP contribution is 2.19. The third-order valence-electron chi connectivity index (χ3n) is 3.61. The number of carbonyl (C=O) groups excluding carboxylic acids is 1. The number of nitrogens with one attached hydrogen (secondary N) is 2. The number of urea groups is 1. The van der Waals surface area contributed by atoms with Crippen LogP contribution in [0.5, 0.6) is 5.75 Å². The third kappa shape index (κ3) is 4.91. The van der Waals surface area contributed by atoms with E-state index < -0.39 is 5.60 Å². The van der Waals surface area contributed by atoms with Crippen LogP contribution in [0.3, 0.4) is 0 Å². The topological polar surface area (TPSA) is 79.8 Å². The van der Waals surface area contributed by atoms with E-state index in [9.17, 15) is 9.90 Å². The zero-order valence-corrected chi connectivity index (χ0v) is 12.2. The van der Waals surface area contributed by atoms with E-state index >= 15 is 0 Å². The van der Waals surface area contributed by atoms with Gasteiger partial charge in [0.1, 0.15) is 5.75 Å². The van der Waals surface area contributed by atoms with Gasteiger partial charge in [-0.05, 0) is 17.7 Å². The molecule has 2 rings (SSSR count). The van der Waals surface area contributed by atoms with Gasteiger partial charge in [0.2, 0.25) is 0 Å². The number of hydrogen-bond acceptors (Lipinski definition) is 4. The first-order valence-electron chi connectivity index (χ1n) is 7.06. The molecule has 1 saturated heterocycles. The summed E-state index contributed by atoms with van der Waals surface area (Å²) in [5.74, 6) is 0.782. The molecule has 0 radical (unpaired) electrons. The summed E-state index contributed by atoms with van der Waals surface area (Å²) < 4.78 is 10.3. The van der Waals surface area contributed by atoms with Crippen molar-refractivity contribution >= 4 is 6.03 Å². The predicted octanol–water partition coefficient (Wildman–Crippen LogP) is 1.04. The Kier molecular flexibility index (Phi) is 5.41. The van der Waals surface area contributed by atoms with Gasteiger partial charge in [-0.25, -0.2) is 4.79 Å². The maximum absolute atomic E-state index is 11.7. The minimum Gasteiger partial charge on any atom is -0.497 e. The smallest absolute Gasteiger partial charge is 0.315 e. The first kappa shape index (κ1) is 15.6. The van der Waals surface area contributed by atoms with Crippen LogP contribution in [0.15, 0.2) is 24.3 Å². The molecule has 0 saturated carbocycles. The van der Waals surface area contributed by atoms with Gasteiger partial charge in [-0.3, -0.25) is 0 Å². The monoisotopic (exact) mass is 294 g/mol. The number of benzene rings is 1. The van der Waals surface area contributed by atoms with Crippen LogP contribution in [-0.4, -0.2) is 43.6 Å². The second kappa shape index (κ2) is 7.28. The van der Waals surface area contributed by atoms with E-state index in [0.717, 1.165) is 11.3 Å². The Morgan fingerprint density at radius 3 is 2.57 bits per heavy atom. The summed E-state index contributed by atoms with van der Waals surface area (Å²) in [5.41, 5.74) is 0.131. The molecule has 1 fully saturated rings. The number of aliphatic hydroxyl groups is 1. The van der Waals surface area contributed by atoms with Crippen molar-refractivity contribution in [3.63, 3.8) is 0 Å². The summed E-state index contributed by atoms with van der Waals surface area (Å²) in [6.45, 7) is 1.74. The van der Waals surface area contributed by atoms with Crippen LogP contribution in [0, 0.1) is 0 Å². The zero-order valence-electron chi connectivity index (χ0n) is 12.2. The highest BCUT2D eigenvalue weighted by atomic mass is 16.5. The maximum atomic E-state index is 11.7. The van der Waals surface area contributed by atoms with Crippen molar-refractivity contribution in [3.8, 4) is 5.75 Å². The first-order chi connectivity index (χ1) is 10.1. The lowest BCUT2D eigenvalue weighted by atomic mass is 9.94. The predicted molar refractivity (Wildman–Crippen MR) is 78.2 cm³/mol. The molecule has 6 nitrogen and oxygen atoms in total. The van der Waals surface area contributed by atoms with E-state index in [2.05, 4.69) is 10.6 Å². The second-order valence-corrected chi connectivity index (χ2v) is 5.22. The molecular weight excluding hydrogens is 272 g/mol. The zero-order chi connectivity index (χ0) is 15.1. The highest BCUT2D eigenvalue weighted by molar-refractivity contribution is 5.73. The Hall–Kier alpha value is -1.79. The maximum Gasteiger partial charge on any atom is 0.315 e. The van der Waals surface area contributed by atoms with Crippen LogP contribution < -0.4 is 15.4 Å². The van der Waals surface area contributed by atoms with Crippen molar-refractivity contribution in [2.75, 3.05) is 26.9 Å². The van der Waals surface area contributed by atoms with Gasteiger partial charge in [-0.1, -0.05) is 12.1 Å². The molecule has 6 heteroatoms. The fourth-order valence-corrected chi connectivity index (χ4v) is 2.16. The molecule has 1 aromatic carbocycles. The van der Waals surface area contributed by atoms with Crippen LogP contribution in [-0.2, 0) is 11.3 Å². The van der Waals surface area contributed by atoms with E-state index in [0.29, 0.717) is 32.6 Å². The summed E-state index contributed by atoms with van der Waals surface area (Å²) in [5, 5.41) is 15.7. The molecule has 21 heavy (non-hydrogen) atoms. The number of ether oxygens (including phenoxy) is 2. The van der Waals surface area contributed by atoms with Gasteiger partial charge in [0.25, 0.3) is 0 Å². The molecule has 0 atom stereocenters. The summed E-state index contributed by atoms with van der Waals surface area (Å²) in [6.07, 6.45) is 1.09. The molecule has 0 bridgehead atoms. The van der Waals surface area contributed by atoms with Gasteiger partial charge in [0.15, 0.2) is 0 Å². The van der Waals surface area contributed by atoms with Crippen molar-refractivity contribution < 1.29 is 19.4 Å². The molecule has 116 valence electrons. The van der Waals surface area contributed by atoms with Crippen molar-refractivity contribution in [3.05, 3.63) is 29.8 Å². The minimum absolute atomic E-state index is 0.241. The van der Waals surface area contributed by atoms with Gasteiger partial charge >= 0.3 is 6.03 Å². The van der Waals surface area contributed by atoms with Gasteiger partial charge in [-0.2, -0.15) is 0 Å². The van der Waals surface area contributed by atoms with Crippen molar-refractivity contribution in [1.29, 1.82) is 0 Å².